The number of primary amides is 1. The third-order valence-electron chi connectivity index (χ3n) is 5.09. The van der Waals surface area contributed by atoms with Crippen LogP contribution >= 0.6 is 0 Å². The molecule has 2 aliphatic carbocycles. The summed E-state index contributed by atoms with van der Waals surface area (Å²) in [4.78, 5) is 17.5. The van der Waals surface area contributed by atoms with E-state index in [1.54, 1.807) is 6.07 Å². The number of nitriles is 1. The molecular weight excluding hydrogens is 326 g/mol. The molecule has 0 aliphatic heterocycles. The molecule has 4 rings (SSSR count). The molecule has 2 amide bonds. The highest BCUT2D eigenvalue weighted by Crippen LogP contribution is 2.58. The molecule has 1 heterocycles. The quantitative estimate of drug-likeness (QED) is 0.912. The molecule has 1 unspecified atom stereocenters. The van der Waals surface area contributed by atoms with Crippen molar-refractivity contribution < 1.29 is 13.6 Å². The minimum absolute atomic E-state index is 0.0220. The number of carbonyl (C=O) groups is 1. The second kappa shape index (κ2) is 5.52. The minimum Gasteiger partial charge on any atom is -0.351 e. The van der Waals surface area contributed by atoms with E-state index in [4.69, 9.17) is 11.0 Å². The van der Waals surface area contributed by atoms with Crippen molar-refractivity contribution in [3.63, 3.8) is 0 Å². The van der Waals surface area contributed by atoms with E-state index in [1.807, 2.05) is 6.07 Å². The lowest BCUT2D eigenvalue weighted by atomic mass is 9.91. The lowest BCUT2D eigenvalue weighted by Gasteiger charge is -2.20. The molecule has 25 heavy (non-hydrogen) atoms. The summed E-state index contributed by atoms with van der Waals surface area (Å²) < 4.78 is 28.3. The number of hydrogen-bond acceptors (Lipinski definition) is 3. The van der Waals surface area contributed by atoms with Crippen molar-refractivity contribution in [2.45, 2.75) is 24.8 Å². The average molecular weight is 340 g/mol. The predicted molar refractivity (Wildman–Crippen MR) is 85.7 cm³/mol. The van der Waals surface area contributed by atoms with E-state index in [1.165, 1.54) is 17.2 Å². The number of fused-ring (bicyclic) bond motifs is 3. The monoisotopic (exact) mass is 340 g/mol. The van der Waals surface area contributed by atoms with Gasteiger partial charge in [-0.3, -0.25) is 4.90 Å². The van der Waals surface area contributed by atoms with Gasteiger partial charge in [-0.05, 0) is 54.2 Å². The number of rotatable bonds is 2. The molecule has 2 N–H and O–H groups in total. The number of nitrogens with two attached hydrogens (primary N) is 1. The van der Waals surface area contributed by atoms with Gasteiger partial charge in [-0.25, -0.2) is 18.6 Å². The van der Waals surface area contributed by atoms with Crippen LogP contribution in [-0.2, 0) is 6.42 Å². The first-order chi connectivity index (χ1) is 12.0. The maximum Gasteiger partial charge on any atom is 0.320 e. The second-order valence-corrected chi connectivity index (χ2v) is 6.37. The topological polar surface area (TPSA) is 83.0 Å². The van der Waals surface area contributed by atoms with Gasteiger partial charge in [-0.2, -0.15) is 5.26 Å². The molecule has 5 nitrogen and oxygen atoms in total. The number of anilines is 1. The lowest BCUT2D eigenvalue weighted by Crippen LogP contribution is -2.39. The Kier molecular flexibility index (Phi) is 3.42. The van der Waals surface area contributed by atoms with Gasteiger partial charge in [-0.1, -0.05) is 0 Å². The number of nitrogens with zero attached hydrogens (tertiary/aromatic N) is 3. The Balaban J connectivity index is 1.73. The fourth-order valence-electron chi connectivity index (χ4n) is 3.99. The fourth-order valence-corrected chi connectivity index (χ4v) is 3.99. The third kappa shape index (κ3) is 2.33. The van der Waals surface area contributed by atoms with Crippen molar-refractivity contribution in [3.8, 4) is 6.07 Å². The standard InChI is InChI=1S/C18H14F2N4O/c19-12-4-5-13(20)15-10(12)2-3-11-16(15)17(11)24(18(22)25)14-6-1-9(7-21)8-23-14/h1,4-6,8,11,16-17H,2-3H2,(H2,22,25)/t11-,16-,17?/m0/s1. The molecule has 0 saturated heterocycles. The number of benzene rings is 1. The Labute approximate surface area is 142 Å². The van der Waals surface area contributed by atoms with E-state index in [-0.39, 0.29) is 17.9 Å². The number of amides is 2. The maximum atomic E-state index is 14.3. The number of aromatic nitrogens is 1. The summed E-state index contributed by atoms with van der Waals surface area (Å²) in [5.74, 6) is -0.823. The lowest BCUT2D eigenvalue weighted by molar-refractivity contribution is 0.253. The zero-order valence-corrected chi connectivity index (χ0v) is 13.1. The molecule has 2 aromatic rings. The van der Waals surface area contributed by atoms with E-state index in [0.29, 0.717) is 35.3 Å². The number of hydrogen-bond donors (Lipinski definition) is 1. The number of urea groups is 1. The largest absolute Gasteiger partial charge is 0.351 e. The van der Waals surface area contributed by atoms with Crippen LogP contribution < -0.4 is 10.6 Å². The number of pyridine rings is 1. The first-order valence-electron chi connectivity index (χ1n) is 7.94. The van der Waals surface area contributed by atoms with Crippen molar-refractivity contribution in [1.29, 1.82) is 5.26 Å². The first-order valence-corrected chi connectivity index (χ1v) is 7.94. The van der Waals surface area contributed by atoms with Gasteiger partial charge >= 0.3 is 6.03 Å². The Morgan fingerprint density at radius 3 is 2.68 bits per heavy atom. The Hall–Kier alpha value is -3.01. The van der Waals surface area contributed by atoms with Gasteiger partial charge in [-0.15, -0.1) is 0 Å². The smallest absolute Gasteiger partial charge is 0.320 e. The van der Waals surface area contributed by atoms with Crippen molar-refractivity contribution in [2.24, 2.45) is 11.7 Å². The summed E-state index contributed by atoms with van der Waals surface area (Å²) in [6.07, 6.45) is 2.44. The summed E-state index contributed by atoms with van der Waals surface area (Å²) in [6.45, 7) is 0. The van der Waals surface area contributed by atoms with Gasteiger partial charge in [0, 0.05) is 12.1 Å². The molecule has 1 aromatic carbocycles. The Morgan fingerprint density at radius 2 is 2.04 bits per heavy atom. The van der Waals surface area contributed by atoms with Crippen LogP contribution in [0.3, 0.4) is 0 Å². The first kappa shape index (κ1) is 15.5. The minimum atomic E-state index is -0.699. The SMILES string of the molecule is N#Cc1ccc(N(C(N)=O)C2[C@H]3CCc4c(F)ccc(F)c4[C@@H]23)nc1. The summed E-state index contributed by atoms with van der Waals surface area (Å²) in [7, 11) is 0. The molecule has 2 aliphatic rings. The van der Waals surface area contributed by atoms with Crippen molar-refractivity contribution in [2.75, 3.05) is 4.90 Å². The zero-order valence-electron chi connectivity index (χ0n) is 13.1. The van der Waals surface area contributed by atoms with Crippen molar-refractivity contribution >= 4 is 11.8 Å². The van der Waals surface area contributed by atoms with Crippen LogP contribution in [0.25, 0.3) is 0 Å². The molecule has 1 aromatic heterocycles. The zero-order chi connectivity index (χ0) is 17.7. The van der Waals surface area contributed by atoms with E-state index < -0.39 is 17.7 Å². The highest BCUT2D eigenvalue weighted by molar-refractivity contribution is 5.91. The van der Waals surface area contributed by atoms with Gasteiger partial charge in [0.1, 0.15) is 23.5 Å². The molecule has 1 fully saturated rings. The normalized spacial score (nSPS) is 23.2. The maximum absolute atomic E-state index is 14.3. The van der Waals surface area contributed by atoms with E-state index in [2.05, 4.69) is 4.98 Å². The van der Waals surface area contributed by atoms with Gasteiger partial charge in [0.15, 0.2) is 0 Å². The van der Waals surface area contributed by atoms with Crippen molar-refractivity contribution in [1.82, 2.24) is 4.98 Å². The fraction of sp³-hybridized carbons (Fsp3) is 0.278. The average Bonchev–Trinajstić information content (AvgIpc) is 3.32. The van der Waals surface area contributed by atoms with Crippen LogP contribution in [-0.4, -0.2) is 17.1 Å². The molecule has 1 saturated carbocycles. The van der Waals surface area contributed by atoms with Crippen LogP contribution in [0.5, 0.6) is 0 Å². The predicted octanol–water partition coefficient (Wildman–Crippen LogP) is 2.84. The molecule has 0 radical (unpaired) electrons. The van der Waals surface area contributed by atoms with Crippen LogP contribution in [0, 0.1) is 28.9 Å². The second-order valence-electron chi connectivity index (χ2n) is 6.37. The third-order valence-corrected chi connectivity index (χ3v) is 5.09. The molecular formula is C18H14F2N4O. The molecule has 0 bridgehead atoms. The van der Waals surface area contributed by atoms with Crippen LogP contribution in [0.4, 0.5) is 19.4 Å². The Morgan fingerprint density at radius 1 is 1.28 bits per heavy atom. The molecule has 0 spiro atoms. The summed E-state index contributed by atoms with van der Waals surface area (Å²) in [5, 5.41) is 8.86. The highest BCUT2D eigenvalue weighted by Gasteiger charge is 2.59. The van der Waals surface area contributed by atoms with Gasteiger partial charge < -0.3 is 5.73 Å². The van der Waals surface area contributed by atoms with Crippen LogP contribution in [0.1, 0.15) is 29.0 Å². The van der Waals surface area contributed by atoms with Crippen LogP contribution in [0.2, 0.25) is 0 Å². The Bertz CT molecular complexity index is 907. The molecule has 3 atom stereocenters. The number of carbonyl (C=O) groups excluding carboxylic acids is 1. The van der Waals surface area contributed by atoms with E-state index in [0.717, 1.165) is 12.1 Å². The van der Waals surface area contributed by atoms with E-state index in [9.17, 15) is 13.6 Å². The van der Waals surface area contributed by atoms with Gasteiger partial charge in [0.2, 0.25) is 0 Å². The van der Waals surface area contributed by atoms with Gasteiger partial charge in [0.05, 0.1) is 11.6 Å². The highest BCUT2D eigenvalue weighted by atomic mass is 19.1. The van der Waals surface area contributed by atoms with Crippen molar-refractivity contribution in [3.05, 3.63) is 58.8 Å². The summed E-state index contributed by atoms with van der Waals surface area (Å²) >= 11 is 0. The number of halogens is 2. The molecule has 7 heteroatoms. The van der Waals surface area contributed by atoms with Gasteiger partial charge in [0.25, 0.3) is 0 Å². The summed E-state index contributed by atoms with van der Waals surface area (Å²) in [5.41, 5.74) is 6.64. The van der Waals surface area contributed by atoms with E-state index >= 15 is 0 Å². The molecule has 126 valence electrons. The summed E-state index contributed by atoms with van der Waals surface area (Å²) in [6, 6.07) is 6.25. The van der Waals surface area contributed by atoms with Crippen LogP contribution in [0.15, 0.2) is 30.5 Å².